The number of ether oxygens (including phenoxy) is 6. The molecule has 0 saturated heterocycles. The predicted molar refractivity (Wildman–Crippen MR) is 216 cm³/mol. The molecule has 3 aromatic rings. The van der Waals surface area contributed by atoms with Gasteiger partial charge in [-0.15, -0.1) is 0 Å². The zero-order chi connectivity index (χ0) is 42.7. The van der Waals surface area contributed by atoms with Gasteiger partial charge in [0, 0.05) is 18.2 Å². The van der Waals surface area contributed by atoms with Crippen molar-refractivity contribution in [1.82, 2.24) is 0 Å². The van der Waals surface area contributed by atoms with Crippen LogP contribution < -0.4 is 18.9 Å². The predicted octanol–water partition coefficient (Wildman–Crippen LogP) is 11.0. The first-order valence-electron chi connectivity index (χ1n) is 20.3. The zero-order valence-electron chi connectivity index (χ0n) is 33.6. The van der Waals surface area contributed by atoms with Crippen molar-refractivity contribution in [3.05, 3.63) is 108 Å². The quantitative estimate of drug-likeness (QED) is 0.0211. The SMILES string of the molecule is C=CC(=O)OCCCCCCCCCCOc1ccc(C(=O)Oc2cc(F)c(OC(=O)c3ccc(OCCCCCCCCCCOC(=O)C=C)cc3)c(F)c2F)cc1. The lowest BCUT2D eigenvalue weighted by Gasteiger charge is -2.12. The summed E-state index contributed by atoms with van der Waals surface area (Å²) in [5, 5.41) is 0. The minimum absolute atomic E-state index is 0.00953. The first kappa shape index (κ1) is 47.8. The Morgan fingerprint density at radius 3 is 1.22 bits per heavy atom. The minimum atomic E-state index is -1.83. The van der Waals surface area contributed by atoms with Crippen LogP contribution in [0.3, 0.4) is 0 Å². The van der Waals surface area contributed by atoms with E-state index in [1.165, 1.54) is 48.5 Å². The highest BCUT2D eigenvalue weighted by atomic mass is 19.2. The third-order valence-corrected chi connectivity index (χ3v) is 9.10. The standard InChI is InChI=1S/C46H55F3O10/c1-3-40(50)56-31-19-15-11-7-5-9-13-17-29-54-36-25-21-34(22-26-36)45(52)58-39-33-38(47)44(43(49)42(39)48)59-46(53)35-23-27-37(28-24-35)55-30-18-14-10-6-8-12-16-20-32-57-41(51)4-2/h3-4,21-28,33H,1-2,5-20,29-32H2. The lowest BCUT2D eigenvalue weighted by atomic mass is 10.1. The van der Waals surface area contributed by atoms with Gasteiger partial charge in [-0.1, -0.05) is 90.2 Å². The average Bonchev–Trinajstić information content (AvgIpc) is 3.24. The highest BCUT2D eigenvalue weighted by Gasteiger charge is 2.26. The largest absolute Gasteiger partial charge is 0.494 e. The number of esters is 4. The van der Waals surface area contributed by atoms with E-state index >= 15 is 0 Å². The number of benzene rings is 3. The average molecular weight is 825 g/mol. The smallest absolute Gasteiger partial charge is 0.343 e. The molecular formula is C46H55F3O10. The molecule has 3 rings (SSSR count). The highest BCUT2D eigenvalue weighted by molar-refractivity contribution is 5.92. The third kappa shape index (κ3) is 18.7. The van der Waals surface area contributed by atoms with Crippen LogP contribution in [0.5, 0.6) is 23.0 Å². The monoisotopic (exact) mass is 824 g/mol. The molecule has 13 heteroatoms. The summed E-state index contributed by atoms with van der Waals surface area (Å²) in [7, 11) is 0. The maximum Gasteiger partial charge on any atom is 0.343 e. The third-order valence-electron chi connectivity index (χ3n) is 9.10. The summed E-state index contributed by atoms with van der Waals surface area (Å²) in [6.45, 7) is 8.49. The summed E-state index contributed by atoms with van der Waals surface area (Å²) >= 11 is 0. The van der Waals surface area contributed by atoms with Crippen LogP contribution in [0.4, 0.5) is 13.2 Å². The molecule has 0 fully saturated rings. The molecule has 0 amide bonds. The summed E-state index contributed by atoms with van der Waals surface area (Å²) in [6, 6.07) is 12.0. The van der Waals surface area contributed by atoms with E-state index in [9.17, 15) is 32.3 Å². The Balaban J connectivity index is 1.33. The summed E-state index contributed by atoms with van der Waals surface area (Å²) in [5.74, 6) is -9.27. The van der Waals surface area contributed by atoms with Crippen molar-refractivity contribution in [2.45, 2.75) is 103 Å². The van der Waals surface area contributed by atoms with Gasteiger partial charge in [0.05, 0.1) is 37.6 Å². The fourth-order valence-electron chi connectivity index (χ4n) is 5.78. The van der Waals surface area contributed by atoms with E-state index in [1.807, 2.05) is 0 Å². The molecule has 0 radical (unpaired) electrons. The molecule has 0 aliphatic carbocycles. The molecule has 10 nitrogen and oxygen atoms in total. The summed E-state index contributed by atoms with van der Waals surface area (Å²) in [6.07, 6.45) is 18.3. The van der Waals surface area contributed by atoms with Gasteiger partial charge in [-0.05, 0) is 74.2 Å². The Labute approximate surface area is 344 Å². The van der Waals surface area contributed by atoms with E-state index < -0.39 is 52.8 Å². The number of rotatable bonds is 30. The molecule has 0 spiro atoms. The number of carbonyl (C=O) groups excluding carboxylic acids is 4. The van der Waals surface area contributed by atoms with Crippen molar-refractivity contribution >= 4 is 23.9 Å². The lowest BCUT2D eigenvalue weighted by molar-refractivity contribution is -0.138. The molecule has 0 unspecified atom stereocenters. The maximum atomic E-state index is 14.9. The van der Waals surface area contributed by atoms with Crippen LogP contribution in [0.2, 0.25) is 0 Å². The molecule has 320 valence electrons. The van der Waals surface area contributed by atoms with Gasteiger partial charge in [-0.3, -0.25) is 0 Å². The molecule has 59 heavy (non-hydrogen) atoms. The van der Waals surface area contributed by atoms with Crippen molar-refractivity contribution in [2.24, 2.45) is 0 Å². The van der Waals surface area contributed by atoms with E-state index in [4.69, 9.17) is 28.4 Å². The van der Waals surface area contributed by atoms with Crippen LogP contribution >= 0.6 is 0 Å². The Morgan fingerprint density at radius 1 is 0.475 bits per heavy atom. The highest BCUT2D eigenvalue weighted by Crippen LogP contribution is 2.32. The van der Waals surface area contributed by atoms with E-state index in [0.717, 1.165) is 115 Å². The number of hydrogen-bond donors (Lipinski definition) is 0. The van der Waals surface area contributed by atoms with Gasteiger partial charge in [0.2, 0.25) is 17.4 Å². The summed E-state index contributed by atoms with van der Waals surface area (Å²) in [4.78, 5) is 47.3. The van der Waals surface area contributed by atoms with Crippen molar-refractivity contribution in [2.75, 3.05) is 26.4 Å². The molecule has 0 saturated carbocycles. The lowest BCUT2D eigenvalue weighted by Crippen LogP contribution is -2.14. The van der Waals surface area contributed by atoms with Crippen molar-refractivity contribution in [3.63, 3.8) is 0 Å². The van der Waals surface area contributed by atoms with Crippen LogP contribution in [-0.4, -0.2) is 50.3 Å². The Kier molecular flexibility index (Phi) is 22.6. The fourth-order valence-corrected chi connectivity index (χ4v) is 5.78. The Hall–Kier alpha value is -5.59. The van der Waals surface area contributed by atoms with Crippen LogP contribution in [0.1, 0.15) is 123 Å². The van der Waals surface area contributed by atoms with Gasteiger partial charge in [0.1, 0.15) is 11.5 Å². The van der Waals surface area contributed by atoms with Crippen LogP contribution in [-0.2, 0) is 19.1 Å². The van der Waals surface area contributed by atoms with E-state index in [-0.39, 0.29) is 11.1 Å². The molecule has 0 aliphatic heterocycles. The van der Waals surface area contributed by atoms with Gasteiger partial charge >= 0.3 is 23.9 Å². The number of hydrogen-bond acceptors (Lipinski definition) is 10. The topological polar surface area (TPSA) is 124 Å². The van der Waals surface area contributed by atoms with E-state index in [0.29, 0.717) is 44.0 Å². The number of unbranched alkanes of at least 4 members (excludes halogenated alkanes) is 14. The minimum Gasteiger partial charge on any atom is -0.494 e. The second-order valence-electron chi connectivity index (χ2n) is 13.7. The molecule has 0 atom stereocenters. The molecule has 0 aliphatic rings. The first-order chi connectivity index (χ1) is 28.6. The second kappa shape index (κ2) is 27.9. The number of halogens is 3. The van der Waals surface area contributed by atoms with Gasteiger partial charge in [0.15, 0.2) is 11.6 Å². The summed E-state index contributed by atoms with van der Waals surface area (Å²) < 4.78 is 75.8. The number of carbonyl (C=O) groups is 4. The van der Waals surface area contributed by atoms with E-state index in [2.05, 4.69) is 13.2 Å². The van der Waals surface area contributed by atoms with Gasteiger partial charge in [-0.25, -0.2) is 23.6 Å². The van der Waals surface area contributed by atoms with E-state index in [1.54, 1.807) is 0 Å². The Bertz CT molecular complexity index is 1780. The fraction of sp³-hybridized carbons (Fsp3) is 0.435. The van der Waals surface area contributed by atoms with Crippen LogP contribution in [0, 0.1) is 17.5 Å². The van der Waals surface area contributed by atoms with Crippen LogP contribution in [0.15, 0.2) is 79.9 Å². The molecule has 0 N–H and O–H groups in total. The molecule has 0 bridgehead atoms. The Morgan fingerprint density at radius 2 is 0.831 bits per heavy atom. The maximum absolute atomic E-state index is 14.9. The second-order valence-corrected chi connectivity index (χ2v) is 13.7. The summed E-state index contributed by atoms with van der Waals surface area (Å²) in [5.41, 5.74) is -0.0617. The molecular weight excluding hydrogens is 769 g/mol. The normalized spacial score (nSPS) is 10.7. The molecule has 0 heterocycles. The van der Waals surface area contributed by atoms with Gasteiger partial charge in [-0.2, -0.15) is 8.78 Å². The van der Waals surface area contributed by atoms with Crippen molar-refractivity contribution in [3.8, 4) is 23.0 Å². The van der Waals surface area contributed by atoms with Gasteiger partial charge in [0.25, 0.3) is 0 Å². The van der Waals surface area contributed by atoms with Crippen LogP contribution in [0.25, 0.3) is 0 Å². The van der Waals surface area contributed by atoms with Crippen molar-refractivity contribution in [1.29, 1.82) is 0 Å². The zero-order valence-corrected chi connectivity index (χ0v) is 33.6. The van der Waals surface area contributed by atoms with Crippen molar-refractivity contribution < 1.29 is 60.8 Å². The first-order valence-corrected chi connectivity index (χ1v) is 20.3. The van der Waals surface area contributed by atoms with Gasteiger partial charge < -0.3 is 28.4 Å². The molecule has 3 aromatic carbocycles. The molecule has 0 aromatic heterocycles.